The van der Waals surface area contributed by atoms with Gasteiger partial charge in [-0.15, -0.1) is 0 Å². The molecule has 34 heavy (non-hydrogen) atoms. The van der Waals surface area contributed by atoms with Gasteiger partial charge < -0.3 is 10.0 Å². The summed E-state index contributed by atoms with van der Waals surface area (Å²) < 4.78 is 0. The molecule has 4 aliphatic carbocycles. The van der Waals surface area contributed by atoms with Crippen molar-refractivity contribution in [2.75, 3.05) is 24.5 Å². The average molecular weight is 457 g/mol. The normalized spacial score (nSPS) is 39.8. The van der Waals surface area contributed by atoms with Crippen LogP contribution in [0.4, 0.5) is 5.95 Å². The number of likely N-dealkylation sites (tertiary alicyclic amines) is 1. The quantitative estimate of drug-likeness (QED) is 0.743. The van der Waals surface area contributed by atoms with E-state index in [0.29, 0.717) is 35.1 Å². The van der Waals surface area contributed by atoms with Gasteiger partial charge in [0.15, 0.2) is 0 Å². The van der Waals surface area contributed by atoms with Gasteiger partial charge in [0.2, 0.25) is 5.95 Å². The van der Waals surface area contributed by atoms with E-state index in [1.807, 2.05) is 6.07 Å². The number of hydrogen-bond donors (Lipinski definition) is 1. The number of aromatic nitrogens is 2. The summed E-state index contributed by atoms with van der Waals surface area (Å²) in [4.78, 5) is 15.4. The predicted molar refractivity (Wildman–Crippen MR) is 132 cm³/mol. The van der Waals surface area contributed by atoms with Crippen molar-refractivity contribution in [2.24, 2.45) is 23.2 Å². The molecular formula is C29H36N4O. The fraction of sp³-hybridized carbons (Fsp3) is 0.655. The van der Waals surface area contributed by atoms with Crippen LogP contribution >= 0.6 is 0 Å². The lowest BCUT2D eigenvalue weighted by Gasteiger charge is -2.66. The first kappa shape index (κ1) is 20.1. The predicted octanol–water partition coefficient (Wildman–Crippen LogP) is 4.38. The van der Waals surface area contributed by atoms with E-state index in [9.17, 15) is 5.11 Å². The summed E-state index contributed by atoms with van der Waals surface area (Å²) in [5.74, 6) is 3.70. The molecule has 2 saturated heterocycles. The van der Waals surface area contributed by atoms with Crippen molar-refractivity contribution in [3.05, 3.63) is 46.8 Å². The second-order valence-electron chi connectivity index (χ2n) is 12.6. The number of piperidine rings is 1. The van der Waals surface area contributed by atoms with Crippen LogP contribution in [-0.2, 0) is 11.8 Å². The number of fused-ring (bicyclic) bond motifs is 1. The molecular weight excluding hydrogens is 420 g/mol. The molecule has 178 valence electrons. The Hall–Kier alpha value is -2.14. The summed E-state index contributed by atoms with van der Waals surface area (Å²) >= 11 is 0. The van der Waals surface area contributed by atoms with Crippen molar-refractivity contribution in [2.45, 2.75) is 76.3 Å². The van der Waals surface area contributed by atoms with E-state index in [0.717, 1.165) is 29.8 Å². The van der Waals surface area contributed by atoms with Crippen LogP contribution in [0.15, 0.2) is 24.3 Å². The van der Waals surface area contributed by atoms with Gasteiger partial charge in [-0.05, 0) is 118 Å². The molecule has 3 saturated carbocycles. The van der Waals surface area contributed by atoms with Crippen LogP contribution in [0.2, 0.25) is 0 Å². The van der Waals surface area contributed by atoms with Crippen molar-refractivity contribution < 1.29 is 5.11 Å². The van der Waals surface area contributed by atoms with Gasteiger partial charge in [-0.1, -0.05) is 6.07 Å². The van der Waals surface area contributed by atoms with Crippen molar-refractivity contribution in [3.8, 4) is 5.75 Å². The van der Waals surface area contributed by atoms with Crippen LogP contribution in [0.3, 0.4) is 0 Å². The molecule has 1 N–H and O–H groups in total. The molecule has 0 radical (unpaired) electrons. The average Bonchev–Trinajstić information content (AvgIpc) is 3.48. The second kappa shape index (κ2) is 6.54. The standard InChI is InChI=1S/C29H36N4O/c1-17-11-18(2)31-27(30-17)33-16-21-14-28-8-7-24(33)26(21)29(28)9-10-32(15-19-3-4-19)25(28)12-20-5-6-22(34)13-23(20)29/h5-6,11,13,19,21,24-26,34H,3-4,7-10,12,14-16H2,1-2H3/t21-,24?,25-,26?,28-,29+/m1/s1. The molecule has 3 heterocycles. The van der Waals surface area contributed by atoms with E-state index >= 15 is 0 Å². The van der Waals surface area contributed by atoms with Gasteiger partial charge in [-0.25, -0.2) is 9.97 Å². The number of benzene rings is 1. The maximum Gasteiger partial charge on any atom is 0.226 e. The topological polar surface area (TPSA) is 52.5 Å². The van der Waals surface area contributed by atoms with Crippen molar-refractivity contribution in [3.63, 3.8) is 0 Å². The lowest BCUT2D eigenvalue weighted by molar-refractivity contribution is -0.0921. The molecule has 5 fully saturated rings. The third-order valence-electron chi connectivity index (χ3n) is 11.0. The fourth-order valence-electron chi connectivity index (χ4n) is 10.0. The summed E-state index contributed by atoms with van der Waals surface area (Å²) in [5.41, 5.74) is 5.75. The summed E-state index contributed by atoms with van der Waals surface area (Å²) in [6.45, 7) is 7.84. The number of phenols is 1. The highest BCUT2D eigenvalue weighted by atomic mass is 16.3. The van der Waals surface area contributed by atoms with Gasteiger partial charge in [-0.3, -0.25) is 4.90 Å². The van der Waals surface area contributed by atoms with E-state index in [4.69, 9.17) is 9.97 Å². The molecule has 6 atom stereocenters. The van der Waals surface area contributed by atoms with E-state index in [2.05, 4.69) is 41.8 Å². The lowest BCUT2D eigenvalue weighted by atomic mass is 9.43. The molecule has 0 spiro atoms. The first-order chi connectivity index (χ1) is 16.5. The molecule has 4 bridgehead atoms. The first-order valence-electron chi connectivity index (χ1n) is 13.6. The smallest absolute Gasteiger partial charge is 0.226 e. The third-order valence-corrected chi connectivity index (χ3v) is 11.0. The minimum atomic E-state index is 0.200. The molecule has 1 aromatic heterocycles. The minimum absolute atomic E-state index is 0.200. The summed E-state index contributed by atoms with van der Waals surface area (Å²) in [6, 6.07) is 9.65. The molecule has 8 rings (SSSR count). The second-order valence-corrected chi connectivity index (χ2v) is 12.6. The van der Waals surface area contributed by atoms with Crippen molar-refractivity contribution in [1.29, 1.82) is 0 Å². The largest absolute Gasteiger partial charge is 0.508 e. The van der Waals surface area contributed by atoms with Gasteiger partial charge in [0.25, 0.3) is 0 Å². The van der Waals surface area contributed by atoms with Crippen LogP contribution < -0.4 is 4.90 Å². The highest BCUT2D eigenvalue weighted by Gasteiger charge is 2.76. The Morgan fingerprint density at radius 3 is 2.68 bits per heavy atom. The summed E-state index contributed by atoms with van der Waals surface area (Å²) in [7, 11) is 0. The van der Waals surface area contributed by atoms with E-state index in [-0.39, 0.29) is 5.41 Å². The summed E-state index contributed by atoms with van der Waals surface area (Å²) in [5, 5.41) is 10.6. The number of aromatic hydroxyl groups is 1. The van der Waals surface area contributed by atoms with E-state index in [1.165, 1.54) is 69.2 Å². The van der Waals surface area contributed by atoms with Gasteiger partial charge in [-0.2, -0.15) is 0 Å². The first-order valence-corrected chi connectivity index (χ1v) is 13.6. The maximum absolute atomic E-state index is 10.6. The zero-order valence-electron chi connectivity index (χ0n) is 20.5. The molecule has 1 aromatic carbocycles. The highest BCUT2D eigenvalue weighted by Crippen LogP contribution is 2.75. The molecule has 6 aliphatic rings. The lowest BCUT2D eigenvalue weighted by Crippen LogP contribution is -2.69. The van der Waals surface area contributed by atoms with Gasteiger partial charge in [0.05, 0.1) is 0 Å². The number of phenolic OH excluding ortho intramolecular Hbond substituents is 1. The van der Waals surface area contributed by atoms with Crippen LogP contribution in [0, 0.1) is 37.0 Å². The Morgan fingerprint density at radius 1 is 1.06 bits per heavy atom. The van der Waals surface area contributed by atoms with Crippen molar-refractivity contribution >= 4 is 5.95 Å². The van der Waals surface area contributed by atoms with Gasteiger partial charge >= 0.3 is 0 Å². The highest BCUT2D eigenvalue weighted by molar-refractivity contribution is 5.53. The number of aryl methyl sites for hydroxylation is 2. The fourth-order valence-corrected chi connectivity index (χ4v) is 10.0. The number of rotatable bonds is 3. The van der Waals surface area contributed by atoms with Crippen LogP contribution in [0.5, 0.6) is 5.75 Å². The molecule has 5 nitrogen and oxygen atoms in total. The third kappa shape index (κ3) is 2.40. The molecule has 2 unspecified atom stereocenters. The Morgan fingerprint density at radius 2 is 1.88 bits per heavy atom. The van der Waals surface area contributed by atoms with Crippen LogP contribution in [-0.4, -0.2) is 51.7 Å². The number of hydrogen-bond acceptors (Lipinski definition) is 5. The Bertz CT molecular complexity index is 1170. The summed E-state index contributed by atoms with van der Waals surface area (Å²) in [6.07, 6.45) is 9.22. The molecule has 2 aliphatic heterocycles. The Labute approximate surface area is 202 Å². The Balaban J connectivity index is 1.28. The Kier molecular flexibility index (Phi) is 3.87. The zero-order chi connectivity index (χ0) is 22.8. The van der Waals surface area contributed by atoms with E-state index < -0.39 is 0 Å². The van der Waals surface area contributed by atoms with Crippen LogP contribution in [0.25, 0.3) is 0 Å². The molecule has 0 amide bonds. The molecule has 5 heteroatoms. The maximum atomic E-state index is 10.6. The van der Waals surface area contributed by atoms with Crippen LogP contribution in [0.1, 0.15) is 61.0 Å². The number of anilines is 1. The minimum Gasteiger partial charge on any atom is -0.508 e. The molecule has 2 aromatic rings. The van der Waals surface area contributed by atoms with Gasteiger partial charge in [0, 0.05) is 42.0 Å². The zero-order valence-corrected chi connectivity index (χ0v) is 20.5. The van der Waals surface area contributed by atoms with E-state index in [1.54, 1.807) is 0 Å². The van der Waals surface area contributed by atoms with Crippen molar-refractivity contribution in [1.82, 2.24) is 14.9 Å². The monoisotopic (exact) mass is 456 g/mol. The van der Waals surface area contributed by atoms with Gasteiger partial charge in [0.1, 0.15) is 5.75 Å². The SMILES string of the molecule is Cc1cc(C)nc(N2C[C@H]3C[C@@]45CCC2C3[C@@]42CCN(CC3CC3)[C@@H]5Cc3ccc(O)cc32)n1. The number of nitrogens with zero attached hydrogens (tertiary/aromatic N) is 4.